The second-order valence-corrected chi connectivity index (χ2v) is 7.05. The minimum absolute atomic E-state index is 0.0182. The molecule has 7 heteroatoms. The van der Waals surface area contributed by atoms with Gasteiger partial charge in [-0.1, -0.05) is 15.9 Å². The standard InChI is InChI=1S/C11H14BrFN2O2S/c12-9-1-2-10(13)11(5-9)15-18(16,17)7-8-3-4-14-6-8/h1-2,5,8,14-15H,3-4,6-7H2. The fourth-order valence-electron chi connectivity index (χ4n) is 1.95. The van der Waals surface area contributed by atoms with Crippen molar-refractivity contribution < 1.29 is 12.8 Å². The predicted molar refractivity (Wildman–Crippen MR) is 72.5 cm³/mol. The van der Waals surface area contributed by atoms with Crippen molar-refractivity contribution in [2.75, 3.05) is 23.6 Å². The Kier molecular flexibility index (Phi) is 4.24. The van der Waals surface area contributed by atoms with E-state index in [0.717, 1.165) is 13.0 Å². The molecule has 0 spiro atoms. The fourth-order valence-corrected chi connectivity index (χ4v) is 3.79. The molecule has 1 saturated heterocycles. The fraction of sp³-hybridized carbons (Fsp3) is 0.455. The zero-order valence-electron chi connectivity index (χ0n) is 9.62. The molecule has 0 aliphatic carbocycles. The lowest BCUT2D eigenvalue weighted by Crippen LogP contribution is -2.24. The number of halogens is 2. The number of sulfonamides is 1. The van der Waals surface area contributed by atoms with Crippen LogP contribution in [0.15, 0.2) is 22.7 Å². The summed E-state index contributed by atoms with van der Waals surface area (Å²) in [5.41, 5.74) is -0.0182. The van der Waals surface area contributed by atoms with Gasteiger partial charge in [0.05, 0.1) is 11.4 Å². The van der Waals surface area contributed by atoms with Gasteiger partial charge in [0.25, 0.3) is 0 Å². The van der Waals surface area contributed by atoms with Gasteiger partial charge in [0.15, 0.2) is 0 Å². The van der Waals surface area contributed by atoms with Crippen LogP contribution in [0.5, 0.6) is 0 Å². The van der Waals surface area contributed by atoms with Crippen LogP contribution in [0, 0.1) is 11.7 Å². The van der Waals surface area contributed by atoms with Crippen molar-refractivity contribution in [2.45, 2.75) is 6.42 Å². The first-order valence-electron chi connectivity index (χ1n) is 5.62. The second kappa shape index (κ2) is 5.54. The molecule has 1 fully saturated rings. The molecule has 18 heavy (non-hydrogen) atoms. The predicted octanol–water partition coefficient (Wildman–Crippen LogP) is 1.94. The molecule has 1 atom stereocenters. The second-order valence-electron chi connectivity index (χ2n) is 4.37. The van der Waals surface area contributed by atoms with Gasteiger partial charge in [-0.25, -0.2) is 12.8 Å². The van der Waals surface area contributed by atoms with E-state index in [1.54, 1.807) is 0 Å². The maximum atomic E-state index is 13.5. The van der Waals surface area contributed by atoms with Crippen molar-refractivity contribution in [3.05, 3.63) is 28.5 Å². The smallest absolute Gasteiger partial charge is 0.233 e. The van der Waals surface area contributed by atoms with Crippen LogP contribution in [-0.4, -0.2) is 27.3 Å². The van der Waals surface area contributed by atoms with Crippen molar-refractivity contribution in [3.63, 3.8) is 0 Å². The number of hydrogen-bond donors (Lipinski definition) is 2. The Balaban J connectivity index is 2.09. The highest BCUT2D eigenvalue weighted by Crippen LogP contribution is 2.22. The van der Waals surface area contributed by atoms with Gasteiger partial charge in [-0.15, -0.1) is 0 Å². The number of nitrogens with one attached hydrogen (secondary N) is 2. The molecule has 1 aromatic carbocycles. The van der Waals surface area contributed by atoms with Gasteiger partial charge in [-0.05, 0) is 43.6 Å². The molecular weight excluding hydrogens is 323 g/mol. The van der Waals surface area contributed by atoms with Crippen LogP contribution in [0.3, 0.4) is 0 Å². The summed E-state index contributed by atoms with van der Waals surface area (Å²) in [6.07, 6.45) is 0.835. The topological polar surface area (TPSA) is 58.2 Å². The molecule has 2 rings (SSSR count). The van der Waals surface area contributed by atoms with Gasteiger partial charge in [0.2, 0.25) is 10.0 Å². The normalized spacial score (nSPS) is 20.0. The molecule has 1 aliphatic rings. The maximum Gasteiger partial charge on any atom is 0.233 e. The molecule has 0 radical (unpaired) electrons. The van der Waals surface area contributed by atoms with Crippen LogP contribution in [0.1, 0.15) is 6.42 Å². The summed E-state index contributed by atoms with van der Waals surface area (Å²) in [5, 5.41) is 3.11. The number of benzene rings is 1. The van der Waals surface area contributed by atoms with Crippen LogP contribution >= 0.6 is 15.9 Å². The van der Waals surface area contributed by atoms with E-state index in [-0.39, 0.29) is 17.4 Å². The van der Waals surface area contributed by atoms with Gasteiger partial charge >= 0.3 is 0 Å². The Hall–Kier alpha value is -0.660. The number of anilines is 1. The lowest BCUT2D eigenvalue weighted by molar-refractivity contribution is 0.574. The number of rotatable bonds is 4. The van der Waals surface area contributed by atoms with Crippen LogP contribution in [0.2, 0.25) is 0 Å². The summed E-state index contributed by atoms with van der Waals surface area (Å²) in [7, 11) is -3.51. The molecule has 2 N–H and O–H groups in total. The third-order valence-corrected chi connectivity index (χ3v) is 4.75. The zero-order chi connectivity index (χ0) is 13.2. The van der Waals surface area contributed by atoms with Gasteiger partial charge < -0.3 is 5.32 Å². The lowest BCUT2D eigenvalue weighted by Gasteiger charge is -2.12. The Morgan fingerprint density at radius 1 is 1.50 bits per heavy atom. The summed E-state index contributed by atoms with van der Waals surface area (Å²) < 4.78 is 40.2. The SMILES string of the molecule is O=S(=O)(CC1CCNC1)Nc1cc(Br)ccc1F. The van der Waals surface area contributed by atoms with Gasteiger partial charge in [-0.3, -0.25) is 4.72 Å². The molecule has 0 bridgehead atoms. The van der Waals surface area contributed by atoms with E-state index in [2.05, 4.69) is 26.0 Å². The highest BCUT2D eigenvalue weighted by Gasteiger charge is 2.23. The summed E-state index contributed by atoms with van der Waals surface area (Å²) in [6.45, 7) is 1.54. The van der Waals surface area contributed by atoms with E-state index < -0.39 is 15.8 Å². The molecule has 1 aromatic rings. The van der Waals surface area contributed by atoms with E-state index >= 15 is 0 Å². The molecule has 0 aromatic heterocycles. The molecule has 0 saturated carbocycles. The lowest BCUT2D eigenvalue weighted by atomic mass is 10.2. The molecule has 1 heterocycles. The first-order chi connectivity index (χ1) is 8.46. The Bertz CT molecular complexity index is 530. The quantitative estimate of drug-likeness (QED) is 0.883. The van der Waals surface area contributed by atoms with Crippen molar-refractivity contribution >= 4 is 31.6 Å². The molecule has 4 nitrogen and oxygen atoms in total. The van der Waals surface area contributed by atoms with E-state index in [0.29, 0.717) is 11.0 Å². The van der Waals surface area contributed by atoms with Gasteiger partial charge in [0, 0.05) is 4.47 Å². The first kappa shape index (κ1) is 13.8. The average molecular weight is 337 g/mol. The van der Waals surface area contributed by atoms with Gasteiger partial charge in [0.1, 0.15) is 5.82 Å². The molecule has 100 valence electrons. The molecule has 0 amide bonds. The van der Waals surface area contributed by atoms with Crippen molar-refractivity contribution in [1.29, 1.82) is 0 Å². The molecular formula is C11H14BrFN2O2S. The molecule has 1 aliphatic heterocycles. The Morgan fingerprint density at radius 3 is 2.94 bits per heavy atom. The van der Waals surface area contributed by atoms with E-state index in [9.17, 15) is 12.8 Å². The zero-order valence-corrected chi connectivity index (χ0v) is 12.0. The summed E-state index contributed by atoms with van der Waals surface area (Å²) in [5.74, 6) is -0.463. The van der Waals surface area contributed by atoms with E-state index in [1.807, 2.05) is 0 Å². The third kappa shape index (κ3) is 3.66. The first-order valence-corrected chi connectivity index (χ1v) is 8.07. The van der Waals surface area contributed by atoms with Crippen molar-refractivity contribution in [1.82, 2.24) is 5.32 Å². The van der Waals surface area contributed by atoms with Crippen LogP contribution in [0.25, 0.3) is 0 Å². The third-order valence-electron chi connectivity index (χ3n) is 2.81. The van der Waals surface area contributed by atoms with Crippen LogP contribution < -0.4 is 10.0 Å². The maximum absolute atomic E-state index is 13.5. The van der Waals surface area contributed by atoms with Crippen LogP contribution in [-0.2, 0) is 10.0 Å². The molecule has 1 unspecified atom stereocenters. The Morgan fingerprint density at radius 2 is 2.28 bits per heavy atom. The van der Waals surface area contributed by atoms with Crippen molar-refractivity contribution in [2.24, 2.45) is 5.92 Å². The minimum atomic E-state index is -3.51. The van der Waals surface area contributed by atoms with Gasteiger partial charge in [-0.2, -0.15) is 0 Å². The van der Waals surface area contributed by atoms with E-state index in [4.69, 9.17) is 0 Å². The number of hydrogen-bond acceptors (Lipinski definition) is 3. The minimum Gasteiger partial charge on any atom is -0.316 e. The summed E-state index contributed by atoms with van der Waals surface area (Å²) in [6, 6.07) is 4.16. The van der Waals surface area contributed by atoms with E-state index in [1.165, 1.54) is 18.2 Å². The monoisotopic (exact) mass is 336 g/mol. The van der Waals surface area contributed by atoms with Crippen LogP contribution in [0.4, 0.5) is 10.1 Å². The largest absolute Gasteiger partial charge is 0.316 e. The highest BCUT2D eigenvalue weighted by molar-refractivity contribution is 9.10. The summed E-state index contributed by atoms with van der Waals surface area (Å²) >= 11 is 3.18. The Labute approximate surface area is 114 Å². The average Bonchev–Trinajstić information content (AvgIpc) is 2.75. The summed E-state index contributed by atoms with van der Waals surface area (Å²) in [4.78, 5) is 0. The highest BCUT2D eigenvalue weighted by atomic mass is 79.9. The van der Waals surface area contributed by atoms with Crippen molar-refractivity contribution in [3.8, 4) is 0 Å².